The molecule has 2 N–H and O–H groups in total. The van der Waals surface area contributed by atoms with E-state index in [1.54, 1.807) is 61.6 Å². The third-order valence-corrected chi connectivity index (χ3v) is 6.45. The summed E-state index contributed by atoms with van der Waals surface area (Å²) in [5.41, 5.74) is 5.56. The topological polar surface area (TPSA) is 105 Å². The number of hydrogen-bond acceptors (Lipinski definition) is 6. The minimum Gasteiger partial charge on any atom is -0.337 e. The average molecular weight is 520 g/mol. The van der Waals surface area contributed by atoms with Gasteiger partial charge in [-0.1, -0.05) is 11.6 Å². The zero-order valence-electron chi connectivity index (χ0n) is 21.6. The molecule has 10 heteroatoms. The highest BCUT2D eigenvalue weighted by Crippen LogP contribution is 2.28. The van der Waals surface area contributed by atoms with Crippen molar-refractivity contribution in [2.45, 2.75) is 33.9 Å². The average Bonchev–Trinajstić information content (AvgIpc) is 3.23. The van der Waals surface area contributed by atoms with Gasteiger partial charge in [-0.2, -0.15) is 5.10 Å². The molecule has 1 aromatic carbocycles. The van der Waals surface area contributed by atoms with Gasteiger partial charge in [-0.05, 0) is 64.2 Å². The number of carbonyl (C=O) groups excluding carboxylic acids is 2. The Bertz CT molecular complexity index is 1480. The fraction of sp³-hybridized carbons (Fsp3) is 0.296. The number of nitrogens with zero attached hydrogens (tertiary/aromatic N) is 5. The highest BCUT2D eigenvalue weighted by molar-refractivity contribution is 6.31. The van der Waals surface area contributed by atoms with E-state index in [2.05, 4.69) is 20.7 Å². The minimum absolute atomic E-state index is 0.156. The number of aryl methyl sites for hydroxylation is 2. The number of anilines is 1. The first kappa shape index (κ1) is 26.2. The van der Waals surface area contributed by atoms with Crippen LogP contribution in [0.3, 0.4) is 0 Å². The van der Waals surface area contributed by atoms with Crippen LogP contribution in [0.1, 0.15) is 34.2 Å². The van der Waals surface area contributed by atoms with Crippen molar-refractivity contribution >= 4 is 40.0 Å². The summed E-state index contributed by atoms with van der Waals surface area (Å²) in [5.74, 6) is -0.316. The molecule has 2 amide bonds. The van der Waals surface area contributed by atoms with E-state index in [9.17, 15) is 9.59 Å². The summed E-state index contributed by atoms with van der Waals surface area (Å²) >= 11 is 6.29. The van der Waals surface area contributed by atoms with E-state index in [-0.39, 0.29) is 18.4 Å². The molecule has 4 aromatic rings. The standard InChI is InChI=1S/C27H30ClN7O2/c1-6-35-17(3)18(13-30-35)15-34(5)27(37)21-12-25(32-23-8-7-19(28)11-20(21)23)24-10-9-22(16(2)31-24)33-26(36)14-29-4/h7-13,29H,6,14-15H2,1-5H3,(H,33,36). The number of benzene rings is 1. The lowest BCUT2D eigenvalue weighted by molar-refractivity contribution is -0.115. The van der Waals surface area contributed by atoms with E-state index in [1.165, 1.54) is 0 Å². The fourth-order valence-corrected chi connectivity index (χ4v) is 4.36. The molecule has 0 radical (unpaired) electrons. The van der Waals surface area contributed by atoms with E-state index >= 15 is 0 Å². The highest BCUT2D eigenvalue weighted by Gasteiger charge is 2.20. The van der Waals surface area contributed by atoms with Gasteiger partial charge in [0.05, 0.1) is 46.6 Å². The summed E-state index contributed by atoms with van der Waals surface area (Å²) in [7, 11) is 3.48. The van der Waals surface area contributed by atoms with Gasteiger partial charge in [-0.25, -0.2) is 9.97 Å². The van der Waals surface area contributed by atoms with Gasteiger partial charge in [-0.15, -0.1) is 0 Å². The molecular weight excluding hydrogens is 490 g/mol. The number of nitrogens with one attached hydrogen (secondary N) is 2. The summed E-state index contributed by atoms with van der Waals surface area (Å²) in [6.45, 7) is 7.24. The molecular formula is C27H30ClN7O2. The Morgan fingerprint density at radius 3 is 2.54 bits per heavy atom. The van der Waals surface area contributed by atoms with Gasteiger partial charge in [0.25, 0.3) is 5.91 Å². The van der Waals surface area contributed by atoms with E-state index in [0.717, 1.165) is 17.8 Å². The normalized spacial score (nSPS) is 11.1. The third kappa shape index (κ3) is 5.63. The number of carbonyl (C=O) groups is 2. The predicted octanol–water partition coefficient (Wildman–Crippen LogP) is 4.21. The number of likely N-dealkylation sites (N-methyl/N-ethyl adjacent to an activating group) is 1. The number of amides is 2. The molecule has 3 heterocycles. The maximum absolute atomic E-state index is 13.7. The molecule has 4 rings (SSSR count). The number of rotatable bonds is 8. The van der Waals surface area contributed by atoms with Crippen LogP contribution in [0.4, 0.5) is 5.69 Å². The van der Waals surface area contributed by atoms with Gasteiger partial charge >= 0.3 is 0 Å². The Kier molecular flexibility index (Phi) is 7.85. The number of halogens is 1. The van der Waals surface area contributed by atoms with Crippen LogP contribution in [-0.4, -0.2) is 57.1 Å². The largest absolute Gasteiger partial charge is 0.337 e. The molecule has 0 atom stereocenters. The smallest absolute Gasteiger partial charge is 0.254 e. The fourth-order valence-electron chi connectivity index (χ4n) is 4.19. The summed E-state index contributed by atoms with van der Waals surface area (Å²) in [4.78, 5) is 36.8. The molecule has 0 saturated heterocycles. The molecule has 0 aliphatic heterocycles. The van der Waals surface area contributed by atoms with E-state index in [1.807, 2.05) is 25.5 Å². The van der Waals surface area contributed by atoms with Crippen LogP contribution in [0.15, 0.2) is 42.6 Å². The lowest BCUT2D eigenvalue weighted by Crippen LogP contribution is -2.27. The second-order valence-electron chi connectivity index (χ2n) is 8.86. The summed E-state index contributed by atoms with van der Waals surface area (Å²) in [5, 5.41) is 11.2. The molecule has 0 fully saturated rings. The van der Waals surface area contributed by atoms with Crippen molar-refractivity contribution in [2.24, 2.45) is 0 Å². The van der Waals surface area contributed by atoms with Gasteiger partial charge in [0.15, 0.2) is 0 Å². The van der Waals surface area contributed by atoms with E-state index in [0.29, 0.717) is 50.8 Å². The van der Waals surface area contributed by atoms with Gasteiger partial charge < -0.3 is 15.5 Å². The third-order valence-electron chi connectivity index (χ3n) is 6.22. The van der Waals surface area contributed by atoms with Crippen LogP contribution < -0.4 is 10.6 Å². The number of aromatic nitrogens is 4. The molecule has 0 unspecified atom stereocenters. The lowest BCUT2D eigenvalue weighted by atomic mass is 10.0. The first-order chi connectivity index (χ1) is 17.7. The Hall–Kier alpha value is -3.82. The maximum atomic E-state index is 13.7. The van der Waals surface area contributed by atoms with Gasteiger partial charge in [0.2, 0.25) is 5.91 Å². The van der Waals surface area contributed by atoms with Gasteiger partial charge in [-0.3, -0.25) is 14.3 Å². The molecule has 0 bridgehead atoms. The first-order valence-electron chi connectivity index (χ1n) is 12.0. The van der Waals surface area contributed by atoms with Crippen molar-refractivity contribution in [2.75, 3.05) is 26.0 Å². The second-order valence-corrected chi connectivity index (χ2v) is 9.29. The summed E-state index contributed by atoms with van der Waals surface area (Å²) in [6.07, 6.45) is 1.80. The molecule has 9 nitrogen and oxygen atoms in total. The van der Waals surface area contributed by atoms with Gasteiger partial charge in [0.1, 0.15) is 0 Å². The zero-order valence-corrected chi connectivity index (χ0v) is 22.3. The Morgan fingerprint density at radius 1 is 1.08 bits per heavy atom. The van der Waals surface area contributed by atoms with E-state index < -0.39 is 0 Å². The van der Waals surface area contributed by atoms with Gasteiger partial charge in [0, 0.05) is 41.8 Å². The summed E-state index contributed by atoms with van der Waals surface area (Å²) in [6, 6.07) is 10.6. The molecule has 192 valence electrons. The van der Waals surface area contributed by atoms with Crippen LogP contribution in [0.2, 0.25) is 5.02 Å². The van der Waals surface area contributed by atoms with Crippen molar-refractivity contribution in [3.8, 4) is 11.4 Å². The highest BCUT2D eigenvalue weighted by atomic mass is 35.5. The minimum atomic E-state index is -0.160. The van der Waals surface area contributed by atoms with Crippen LogP contribution in [-0.2, 0) is 17.9 Å². The van der Waals surface area contributed by atoms with Crippen LogP contribution in [0.5, 0.6) is 0 Å². The van der Waals surface area contributed by atoms with Crippen molar-refractivity contribution in [1.82, 2.24) is 30.0 Å². The quantitative estimate of drug-likeness (QED) is 0.361. The monoisotopic (exact) mass is 519 g/mol. The van der Waals surface area contributed by atoms with E-state index in [4.69, 9.17) is 16.6 Å². The number of hydrogen-bond donors (Lipinski definition) is 2. The van der Waals surface area contributed by atoms with Crippen molar-refractivity contribution in [3.63, 3.8) is 0 Å². The SMILES string of the molecule is CCn1ncc(CN(C)C(=O)c2cc(-c3ccc(NC(=O)CNC)c(C)n3)nc3ccc(Cl)cc23)c1C. The zero-order chi connectivity index (χ0) is 26.7. The molecule has 0 spiro atoms. The molecule has 3 aromatic heterocycles. The second kappa shape index (κ2) is 11.1. The molecule has 0 aliphatic carbocycles. The van der Waals surface area contributed by atoms with Crippen LogP contribution in [0, 0.1) is 13.8 Å². The number of pyridine rings is 2. The predicted molar refractivity (Wildman–Crippen MR) is 146 cm³/mol. The van der Waals surface area contributed by atoms with Crippen LogP contribution >= 0.6 is 11.6 Å². The van der Waals surface area contributed by atoms with Crippen LogP contribution in [0.25, 0.3) is 22.3 Å². The Morgan fingerprint density at radius 2 is 1.86 bits per heavy atom. The van der Waals surface area contributed by atoms with Crippen molar-refractivity contribution in [3.05, 3.63) is 70.1 Å². The first-order valence-corrected chi connectivity index (χ1v) is 12.4. The Balaban J connectivity index is 1.71. The number of fused-ring (bicyclic) bond motifs is 1. The Labute approximate surface area is 220 Å². The van der Waals surface area contributed by atoms with Crippen molar-refractivity contribution in [1.29, 1.82) is 0 Å². The molecule has 0 saturated carbocycles. The van der Waals surface area contributed by atoms with Crippen molar-refractivity contribution < 1.29 is 9.59 Å². The lowest BCUT2D eigenvalue weighted by Gasteiger charge is -2.19. The maximum Gasteiger partial charge on any atom is 0.254 e. The summed E-state index contributed by atoms with van der Waals surface area (Å²) < 4.78 is 1.91. The molecule has 37 heavy (non-hydrogen) atoms. The molecule has 0 aliphatic rings.